The van der Waals surface area contributed by atoms with E-state index in [1.807, 2.05) is 59.5 Å². The second-order valence-electron chi connectivity index (χ2n) is 7.38. The summed E-state index contributed by atoms with van der Waals surface area (Å²) in [5, 5.41) is 13.5. The molecule has 5 rings (SSSR count). The molecule has 1 aliphatic heterocycles. The van der Waals surface area contributed by atoms with Crippen molar-refractivity contribution in [3.05, 3.63) is 108 Å². The molecule has 7 heteroatoms. The van der Waals surface area contributed by atoms with Gasteiger partial charge in [-0.1, -0.05) is 42.5 Å². The lowest BCUT2D eigenvalue weighted by Gasteiger charge is -2.26. The molecule has 3 heterocycles. The number of carboxylic acid groups (broad SMARTS) is 1. The Morgan fingerprint density at radius 2 is 1.72 bits per heavy atom. The highest BCUT2D eigenvalue weighted by molar-refractivity contribution is 7.80. The number of carboxylic acids is 1. The minimum Gasteiger partial charge on any atom is -0.478 e. The van der Waals surface area contributed by atoms with E-state index in [0.29, 0.717) is 22.2 Å². The summed E-state index contributed by atoms with van der Waals surface area (Å²) in [6.45, 7) is 0. The Morgan fingerprint density at radius 1 is 0.969 bits per heavy atom. The molecule has 0 radical (unpaired) electrons. The molecule has 158 valence electrons. The predicted molar refractivity (Wildman–Crippen MR) is 125 cm³/mol. The largest absolute Gasteiger partial charge is 0.478 e. The Kier molecular flexibility index (Phi) is 5.17. The van der Waals surface area contributed by atoms with E-state index in [9.17, 15) is 9.90 Å². The zero-order valence-corrected chi connectivity index (χ0v) is 17.7. The number of para-hydroxylation sites is 1. The monoisotopic (exact) mass is 441 g/mol. The van der Waals surface area contributed by atoms with E-state index in [-0.39, 0.29) is 17.6 Å². The van der Waals surface area contributed by atoms with E-state index in [4.69, 9.17) is 16.6 Å². The van der Waals surface area contributed by atoms with E-state index in [2.05, 4.69) is 10.3 Å². The van der Waals surface area contributed by atoms with Crippen LogP contribution in [0.1, 0.15) is 33.9 Å². The molecule has 2 aromatic carbocycles. The number of furan rings is 1. The molecule has 1 aliphatic rings. The molecule has 0 amide bonds. The number of thiocarbonyl (C=S) groups is 1. The summed E-state index contributed by atoms with van der Waals surface area (Å²) in [7, 11) is 0. The fourth-order valence-corrected chi connectivity index (χ4v) is 4.40. The maximum atomic E-state index is 11.7. The van der Waals surface area contributed by atoms with Crippen LogP contribution in [0.4, 0.5) is 5.69 Å². The topological polar surface area (TPSA) is 78.6 Å². The van der Waals surface area contributed by atoms with Crippen molar-refractivity contribution in [1.29, 1.82) is 0 Å². The molecule has 4 aromatic rings. The lowest BCUT2D eigenvalue weighted by Crippen LogP contribution is -2.29. The summed E-state index contributed by atoms with van der Waals surface area (Å²) in [6, 6.07) is 25.6. The molecule has 2 aromatic heterocycles. The molecule has 0 spiro atoms. The summed E-state index contributed by atoms with van der Waals surface area (Å²) in [6.07, 6.45) is 1.75. The van der Waals surface area contributed by atoms with Gasteiger partial charge in [-0.15, -0.1) is 0 Å². The number of pyridine rings is 1. The second kappa shape index (κ2) is 8.28. The number of nitrogens with one attached hydrogen (secondary N) is 1. The predicted octanol–water partition coefficient (Wildman–Crippen LogP) is 5.22. The normalized spacial score (nSPS) is 17.9. The quantitative estimate of drug-likeness (QED) is 0.411. The molecular weight excluding hydrogens is 422 g/mol. The van der Waals surface area contributed by atoms with Gasteiger partial charge < -0.3 is 19.7 Å². The number of aromatic carboxylic acids is 1. The van der Waals surface area contributed by atoms with Gasteiger partial charge in [0.2, 0.25) is 0 Å². The van der Waals surface area contributed by atoms with Gasteiger partial charge in [-0.3, -0.25) is 4.98 Å². The number of carbonyl (C=O) groups is 1. The molecular formula is C25H19N3O3S. The van der Waals surface area contributed by atoms with Crippen LogP contribution in [0.3, 0.4) is 0 Å². The van der Waals surface area contributed by atoms with Gasteiger partial charge in [-0.25, -0.2) is 4.79 Å². The van der Waals surface area contributed by atoms with Crippen molar-refractivity contribution in [2.45, 2.75) is 12.1 Å². The number of rotatable bonds is 5. The third-order valence-electron chi connectivity index (χ3n) is 5.47. The highest BCUT2D eigenvalue weighted by Gasteiger charge is 2.42. The molecule has 1 fully saturated rings. The van der Waals surface area contributed by atoms with Crippen LogP contribution < -0.4 is 10.2 Å². The molecule has 0 bridgehead atoms. The first-order valence-corrected chi connectivity index (χ1v) is 10.5. The van der Waals surface area contributed by atoms with Gasteiger partial charge in [-0.2, -0.15) is 0 Å². The van der Waals surface area contributed by atoms with Crippen LogP contribution in [0.2, 0.25) is 0 Å². The maximum absolute atomic E-state index is 11.7. The Labute approximate surface area is 190 Å². The third kappa shape index (κ3) is 3.52. The number of hydrogen-bond donors (Lipinski definition) is 2. The smallest absolute Gasteiger partial charge is 0.336 e. The summed E-state index contributed by atoms with van der Waals surface area (Å²) >= 11 is 5.70. The van der Waals surface area contributed by atoms with Gasteiger partial charge in [-0.05, 0) is 54.7 Å². The molecule has 6 nitrogen and oxygen atoms in total. The van der Waals surface area contributed by atoms with Crippen molar-refractivity contribution in [1.82, 2.24) is 10.3 Å². The first-order chi connectivity index (χ1) is 15.6. The number of anilines is 1. The summed E-state index contributed by atoms with van der Waals surface area (Å²) < 4.78 is 6.26. The van der Waals surface area contributed by atoms with Gasteiger partial charge in [0.15, 0.2) is 5.11 Å². The van der Waals surface area contributed by atoms with E-state index in [1.54, 1.807) is 36.5 Å². The third-order valence-corrected chi connectivity index (χ3v) is 5.79. The number of aromatic nitrogens is 1. The van der Waals surface area contributed by atoms with E-state index in [0.717, 1.165) is 11.4 Å². The maximum Gasteiger partial charge on any atom is 0.336 e. The summed E-state index contributed by atoms with van der Waals surface area (Å²) in [5.74, 6) is 0.148. The molecule has 1 saturated heterocycles. The fourth-order valence-electron chi connectivity index (χ4n) is 4.05. The molecule has 2 atom stereocenters. The van der Waals surface area contributed by atoms with Gasteiger partial charge in [0, 0.05) is 17.4 Å². The van der Waals surface area contributed by atoms with Gasteiger partial charge in [0.25, 0.3) is 0 Å². The number of hydrogen-bond acceptors (Lipinski definition) is 4. The standard InChI is InChI=1S/C25H19N3O3S/c29-24(30)18-11-5-4-10-17(18)20-13-14-21(31-20)23-22(19-12-6-7-15-26-19)27-25(32)28(23)16-8-2-1-3-9-16/h1-15,22-23H,(H,27,32)(H,29,30). The SMILES string of the molecule is O=C(O)c1ccccc1-c1ccc(C2C(c3ccccn3)NC(=S)N2c2ccccc2)o1. The first kappa shape index (κ1) is 20.0. The van der Waals surface area contributed by atoms with Gasteiger partial charge >= 0.3 is 5.97 Å². The average Bonchev–Trinajstić information content (AvgIpc) is 3.44. The lowest BCUT2D eigenvalue weighted by atomic mass is 10.0. The van der Waals surface area contributed by atoms with Crippen LogP contribution in [0.5, 0.6) is 0 Å². The van der Waals surface area contributed by atoms with E-state index < -0.39 is 5.97 Å². The Hall–Kier alpha value is -3.97. The van der Waals surface area contributed by atoms with Gasteiger partial charge in [0.05, 0.1) is 17.3 Å². The minimum absolute atomic E-state index is 0.189. The Bertz CT molecular complexity index is 1270. The van der Waals surface area contributed by atoms with Crippen LogP contribution >= 0.6 is 12.2 Å². The van der Waals surface area contributed by atoms with Crippen molar-refractivity contribution < 1.29 is 14.3 Å². The first-order valence-electron chi connectivity index (χ1n) is 10.1. The van der Waals surface area contributed by atoms with Gasteiger partial charge in [0.1, 0.15) is 17.6 Å². The van der Waals surface area contributed by atoms with Crippen LogP contribution in [0.15, 0.2) is 95.5 Å². The second-order valence-corrected chi connectivity index (χ2v) is 7.77. The highest BCUT2D eigenvalue weighted by Crippen LogP contribution is 2.43. The van der Waals surface area contributed by atoms with E-state index >= 15 is 0 Å². The number of nitrogens with zero attached hydrogens (tertiary/aromatic N) is 2. The van der Waals surface area contributed by atoms with Crippen LogP contribution in [-0.4, -0.2) is 21.2 Å². The zero-order valence-electron chi connectivity index (χ0n) is 16.9. The molecule has 32 heavy (non-hydrogen) atoms. The number of benzene rings is 2. The van der Waals surface area contributed by atoms with Crippen molar-refractivity contribution in [3.8, 4) is 11.3 Å². The molecule has 0 saturated carbocycles. The van der Waals surface area contributed by atoms with Crippen LogP contribution in [-0.2, 0) is 0 Å². The zero-order chi connectivity index (χ0) is 22.1. The Balaban J connectivity index is 1.61. The van der Waals surface area contributed by atoms with E-state index in [1.165, 1.54) is 0 Å². The molecule has 2 N–H and O–H groups in total. The minimum atomic E-state index is -1.00. The van der Waals surface area contributed by atoms with Crippen LogP contribution in [0.25, 0.3) is 11.3 Å². The van der Waals surface area contributed by atoms with Crippen molar-refractivity contribution >= 4 is 29.0 Å². The van der Waals surface area contributed by atoms with Crippen LogP contribution in [0, 0.1) is 0 Å². The molecule has 2 unspecified atom stereocenters. The van der Waals surface area contributed by atoms with Crippen molar-refractivity contribution in [3.63, 3.8) is 0 Å². The summed E-state index contributed by atoms with van der Waals surface area (Å²) in [5.41, 5.74) is 2.48. The summed E-state index contributed by atoms with van der Waals surface area (Å²) in [4.78, 5) is 18.2. The molecule has 0 aliphatic carbocycles. The van der Waals surface area contributed by atoms with Crippen molar-refractivity contribution in [2.75, 3.05) is 4.90 Å². The highest BCUT2D eigenvalue weighted by atomic mass is 32.1. The van der Waals surface area contributed by atoms with Crippen molar-refractivity contribution in [2.24, 2.45) is 0 Å². The lowest BCUT2D eigenvalue weighted by molar-refractivity contribution is 0.0697. The fraction of sp³-hybridized carbons (Fsp3) is 0.0800. The Morgan fingerprint density at radius 3 is 2.47 bits per heavy atom. The average molecular weight is 442 g/mol.